The number of carboxylic acid groups (broad SMARTS) is 2. The van der Waals surface area contributed by atoms with Crippen molar-refractivity contribution in [1.29, 1.82) is 0 Å². The number of aliphatic hydroxyl groups excluding tert-OH is 1. The summed E-state index contributed by atoms with van der Waals surface area (Å²) < 4.78 is 1.21. The van der Waals surface area contributed by atoms with Crippen LogP contribution in [0.2, 0.25) is 0 Å². The molecule has 0 heterocycles. The maximum absolute atomic E-state index is 13.1. The van der Waals surface area contributed by atoms with E-state index in [4.69, 9.17) is 5.73 Å². The molecule has 0 aliphatic rings. The van der Waals surface area contributed by atoms with Crippen LogP contribution in [-0.4, -0.2) is 105 Å². The van der Waals surface area contributed by atoms with Crippen molar-refractivity contribution in [2.24, 2.45) is 28.9 Å². The fourth-order valence-corrected chi connectivity index (χ4v) is 4.76. The van der Waals surface area contributed by atoms with Gasteiger partial charge in [-0.3, -0.25) is 9.59 Å². The topological polar surface area (TPSA) is 173 Å². The van der Waals surface area contributed by atoms with E-state index in [0.29, 0.717) is 41.6 Å². The minimum atomic E-state index is -1.71. The van der Waals surface area contributed by atoms with E-state index < -0.39 is 53.0 Å². The Morgan fingerprint density at radius 2 is 1.47 bits per heavy atom. The van der Waals surface area contributed by atoms with Gasteiger partial charge in [0.25, 0.3) is 0 Å². The second-order valence-corrected chi connectivity index (χ2v) is 11.9. The second kappa shape index (κ2) is 18.2. The van der Waals surface area contributed by atoms with E-state index in [2.05, 4.69) is 5.32 Å². The Morgan fingerprint density at radius 1 is 0.947 bits per heavy atom. The summed E-state index contributed by atoms with van der Waals surface area (Å²) in [7, 11) is 10.0. The summed E-state index contributed by atoms with van der Waals surface area (Å²) in [5, 5.41) is 37.0. The van der Waals surface area contributed by atoms with Gasteiger partial charge < -0.3 is 44.9 Å². The first kappa shape index (κ1) is 42.2. The van der Waals surface area contributed by atoms with Gasteiger partial charge >= 0.3 is 59.1 Å². The molecule has 5 unspecified atom stereocenters. The predicted octanol–water partition coefficient (Wildman–Crippen LogP) is -8.31. The van der Waals surface area contributed by atoms with E-state index in [1.165, 1.54) is 6.92 Å². The van der Waals surface area contributed by atoms with Crippen LogP contribution in [0, 0.1) is 23.2 Å². The van der Waals surface area contributed by atoms with E-state index in [9.17, 15) is 34.5 Å². The van der Waals surface area contributed by atoms with Crippen molar-refractivity contribution in [3.63, 3.8) is 0 Å². The van der Waals surface area contributed by atoms with Gasteiger partial charge in [-0.2, -0.15) is 0 Å². The molecule has 0 aliphatic heterocycles. The molecule has 13 heteroatoms. The summed E-state index contributed by atoms with van der Waals surface area (Å²) in [4.78, 5) is 48.6. The first-order valence-electron chi connectivity index (χ1n) is 12.6. The molecule has 2 amide bonds. The number of hydrogen-bond donors (Lipinski definition) is 3. The molecule has 0 saturated heterocycles. The molecule has 0 radical (unpaired) electrons. The minimum Gasteiger partial charge on any atom is -0.550 e. The fourth-order valence-electron chi connectivity index (χ4n) is 4.76. The van der Waals surface area contributed by atoms with Crippen molar-refractivity contribution in [2.75, 3.05) is 61.4 Å². The van der Waals surface area contributed by atoms with Gasteiger partial charge in [0.15, 0.2) is 6.10 Å². The first-order valence-corrected chi connectivity index (χ1v) is 12.6. The number of hydrogen-bond acceptors (Lipinski definition) is 7. The molecule has 0 aromatic carbocycles. The zero-order valence-electron chi connectivity index (χ0n) is 25.3. The smallest absolute Gasteiger partial charge is 0.550 e. The molecular weight excluding hydrogens is 514 g/mol. The summed E-state index contributed by atoms with van der Waals surface area (Å²) in [6, 6.07) is 0. The molecule has 0 rings (SSSR count). The molecule has 4 N–H and O–H groups in total. The Kier molecular flexibility index (Phi) is 20.3. The number of quaternary nitrogens is 2. The quantitative estimate of drug-likeness (QED) is 0.0845. The number of nitrogens with two attached hydrogens (primary N) is 1. The first-order chi connectivity index (χ1) is 16.3. The summed E-state index contributed by atoms with van der Waals surface area (Å²) in [5.74, 6) is -9.30. The van der Waals surface area contributed by atoms with Crippen LogP contribution in [-0.2, 0) is 19.2 Å². The molecule has 0 saturated carbocycles. The Morgan fingerprint density at radius 3 is 1.84 bits per heavy atom. The third kappa shape index (κ3) is 14.9. The number of nitrogens with one attached hydrogen (secondary N) is 1. The van der Waals surface area contributed by atoms with Gasteiger partial charge in [-0.05, 0) is 19.3 Å². The van der Waals surface area contributed by atoms with Crippen LogP contribution in [0.4, 0.5) is 0 Å². The molecule has 0 aromatic rings. The van der Waals surface area contributed by atoms with Crippen LogP contribution in [0.25, 0.3) is 0 Å². The summed E-state index contributed by atoms with van der Waals surface area (Å²) in [6.45, 7) is 7.02. The standard InChI is InChI=1S/C25H48N4O7.2Na/c1-9-18(21(26)31)20(23(34)35)19(22(32)33)14-25(3,10-2)24(36)27-12-11-13-29(7,8)16-17(30)15-28(4,5)6;;/h17-20,30H,9-16H2,1-8H3,(H3-2,26,27,31,32,33,34,35,36);;/q;2*+1. The van der Waals surface area contributed by atoms with E-state index in [1.807, 2.05) is 35.2 Å². The molecule has 210 valence electrons. The molecule has 11 nitrogen and oxygen atoms in total. The van der Waals surface area contributed by atoms with Gasteiger partial charge in [0.05, 0.1) is 41.8 Å². The monoisotopic (exact) mass is 562 g/mol. The summed E-state index contributed by atoms with van der Waals surface area (Å²) in [5.41, 5.74) is 4.11. The van der Waals surface area contributed by atoms with Crippen LogP contribution < -0.4 is 80.4 Å². The zero-order chi connectivity index (χ0) is 28.5. The summed E-state index contributed by atoms with van der Waals surface area (Å²) >= 11 is 0. The van der Waals surface area contributed by atoms with Crippen LogP contribution in [0.3, 0.4) is 0 Å². The Bertz CT molecular complexity index is 777. The number of carbonyl (C=O) groups excluding carboxylic acids is 4. The average Bonchev–Trinajstić information content (AvgIpc) is 2.70. The number of primary amides is 1. The number of aliphatic carboxylic acids is 2. The molecular formula is C25H48N4Na2O7+2. The number of nitrogens with zero attached hydrogens (tertiary/aromatic N) is 2. The Labute approximate surface area is 272 Å². The summed E-state index contributed by atoms with van der Waals surface area (Å²) in [6.07, 6.45) is 0.0852. The molecule has 5 atom stereocenters. The van der Waals surface area contributed by atoms with Gasteiger partial charge in [-0.25, -0.2) is 0 Å². The number of aliphatic hydroxyl groups is 1. The fraction of sp³-hybridized carbons (Fsp3) is 0.840. The van der Waals surface area contributed by atoms with E-state index in [0.717, 1.165) is 0 Å². The molecule has 0 bridgehead atoms. The molecule has 38 heavy (non-hydrogen) atoms. The van der Waals surface area contributed by atoms with Crippen molar-refractivity contribution in [3.8, 4) is 0 Å². The van der Waals surface area contributed by atoms with Gasteiger partial charge in [-0.1, -0.05) is 20.8 Å². The van der Waals surface area contributed by atoms with E-state index >= 15 is 0 Å². The van der Waals surface area contributed by atoms with Gasteiger partial charge in [-0.15, -0.1) is 0 Å². The van der Waals surface area contributed by atoms with Crippen molar-refractivity contribution in [3.05, 3.63) is 0 Å². The number of likely N-dealkylation sites (N-methyl/N-ethyl adjacent to an activating group) is 2. The number of carboxylic acids is 2. The largest absolute Gasteiger partial charge is 1.00 e. The maximum Gasteiger partial charge on any atom is 1.00 e. The Hall–Kier alpha value is -0.240. The minimum absolute atomic E-state index is 0. The average molecular weight is 563 g/mol. The van der Waals surface area contributed by atoms with Crippen molar-refractivity contribution < 1.29 is 103 Å². The molecule has 0 fully saturated rings. The molecule has 0 spiro atoms. The van der Waals surface area contributed by atoms with E-state index in [-0.39, 0.29) is 78.4 Å². The maximum atomic E-state index is 13.1. The van der Waals surface area contributed by atoms with Crippen molar-refractivity contribution >= 4 is 23.8 Å². The van der Waals surface area contributed by atoms with Crippen LogP contribution >= 0.6 is 0 Å². The van der Waals surface area contributed by atoms with Gasteiger partial charge in [0, 0.05) is 48.1 Å². The van der Waals surface area contributed by atoms with Gasteiger partial charge in [0.1, 0.15) is 13.1 Å². The number of carbonyl (C=O) groups is 4. The molecule has 0 aliphatic carbocycles. The zero-order valence-corrected chi connectivity index (χ0v) is 29.3. The SMILES string of the molecule is CCC(C(N)=O)C(C(=O)[O-])C(CC(C)(CC)C(=O)NCCC[N+](C)(C)CC(O)C[N+](C)(C)C)C(=O)[O-].[Na+].[Na+]. The van der Waals surface area contributed by atoms with Crippen molar-refractivity contribution in [1.82, 2.24) is 5.32 Å². The van der Waals surface area contributed by atoms with Crippen molar-refractivity contribution in [2.45, 2.75) is 52.6 Å². The third-order valence-electron chi connectivity index (χ3n) is 6.94. The Balaban J connectivity index is -0.00000612. The van der Waals surface area contributed by atoms with Crippen LogP contribution in [0.5, 0.6) is 0 Å². The van der Waals surface area contributed by atoms with Gasteiger partial charge in [0.2, 0.25) is 11.8 Å². The second-order valence-electron chi connectivity index (χ2n) is 11.9. The number of amides is 2. The molecule has 0 aromatic heterocycles. The van der Waals surface area contributed by atoms with E-state index in [1.54, 1.807) is 13.8 Å². The third-order valence-corrected chi connectivity index (χ3v) is 6.94. The van der Waals surface area contributed by atoms with Crippen LogP contribution in [0.1, 0.15) is 46.5 Å². The number of rotatable bonds is 18. The van der Waals surface area contributed by atoms with Crippen LogP contribution in [0.15, 0.2) is 0 Å². The normalized spacial score (nSPS) is 16.4. The predicted molar refractivity (Wildman–Crippen MR) is 131 cm³/mol.